The third-order valence-electron chi connectivity index (χ3n) is 21.7. The quantitative estimate of drug-likeness (QED) is 0.0315. The number of aryl methyl sites for hydroxylation is 2. The maximum absolute atomic E-state index is 9.43. The molecule has 0 saturated carbocycles. The summed E-state index contributed by atoms with van der Waals surface area (Å²) in [7, 11) is 4.10. The first-order valence-electron chi connectivity index (χ1n) is 39.5. The van der Waals surface area contributed by atoms with Gasteiger partial charge >= 0.3 is 0 Å². The van der Waals surface area contributed by atoms with Gasteiger partial charge in [-0.3, -0.25) is 10.6 Å². The Balaban J connectivity index is 0.000000121. The molecule has 2 aromatic heterocycles. The molecule has 19 rings (SSSR count). The number of hydrogen-bond donors (Lipinski definition) is 6. The van der Waals surface area contributed by atoms with Crippen LogP contribution in [0.1, 0.15) is 46.9 Å². The molecule has 8 aliphatic rings. The van der Waals surface area contributed by atoms with Gasteiger partial charge in [0.25, 0.3) is 0 Å². The fourth-order valence-corrected chi connectivity index (χ4v) is 18.3. The summed E-state index contributed by atoms with van der Waals surface area (Å²) in [6, 6.07) is 79.5. The average molecular weight is 1620 g/mol. The second kappa shape index (κ2) is 39.4. The molecule has 9 aromatic carbocycles. The van der Waals surface area contributed by atoms with Crippen LogP contribution in [0, 0.1) is 122 Å². The lowest BCUT2D eigenvalue weighted by Gasteiger charge is -2.31. The van der Waals surface area contributed by atoms with Crippen LogP contribution in [-0.4, -0.2) is 30.8 Å². The van der Waals surface area contributed by atoms with Crippen LogP contribution in [0.25, 0.3) is 94.2 Å². The number of rotatable bonds is 4. The highest BCUT2D eigenvalue weighted by atomic mass is 32.2. The molecule has 3 unspecified atom stereocenters. The van der Waals surface area contributed by atoms with Gasteiger partial charge in [0.15, 0.2) is 24.8 Å². The summed E-state index contributed by atoms with van der Waals surface area (Å²) in [5, 5.41) is 100. The lowest BCUT2D eigenvalue weighted by Crippen LogP contribution is -2.38. The van der Waals surface area contributed by atoms with E-state index in [0.717, 1.165) is 124 Å². The normalized spacial score (nSPS) is 15.6. The number of terminal acetylenes is 3. The van der Waals surface area contributed by atoms with E-state index in [1.807, 2.05) is 244 Å². The highest BCUT2D eigenvalue weighted by Gasteiger charge is 2.33. The van der Waals surface area contributed by atoms with Gasteiger partial charge in [-0.25, -0.2) is 9.13 Å². The number of aromatic nitrogens is 2. The fourth-order valence-electron chi connectivity index (χ4n) is 15.8. The van der Waals surface area contributed by atoms with E-state index in [9.17, 15) is 15.8 Å². The van der Waals surface area contributed by atoms with E-state index in [2.05, 4.69) is 187 Å². The van der Waals surface area contributed by atoms with Crippen LogP contribution in [0.4, 0.5) is 0 Å². The third kappa shape index (κ3) is 18.3. The number of nitriles is 7. The summed E-state index contributed by atoms with van der Waals surface area (Å²) in [5.74, 6) is 11.6. The summed E-state index contributed by atoms with van der Waals surface area (Å²) in [6.07, 6.45) is 50.9. The van der Waals surface area contributed by atoms with Crippen LogP contribution >= 0.6 is 23.5 Å². The zero-order chi connectivity index (χ0) is 84.9. The Morgan fingerprint density at radius 2 is 0.910 bits per heavy atom. The molecule has 6 heterocycles. The van der Waals surface area contributed by atoms with Crippen molar-refractivity contribution in [3.05, 3.63) is 371 Å². The zero-order valence-corrected chi connectivity index (χ0v) is 68.5. The molecule has 0 radical (unpaired) electrons. The minimum absolute atomic E-state index is 0.00106. The van der Waals surface area contributed by atoms with Crippen molar-refractivity contribution >= 4 is 118 Å². The molecule has 4 aliphatic heterocycles. The first-order valence-corrected chi connectivity index (χ1v) is 41.4. The number of hydrogen-bond acceptors (Lipinski definition) is 15. The summed E-state index contributed by atoms with van der Waals surface area (Å²) in [4.78, 5) is 0. The number of nitrogens with zero attached hydrogens (tertiary/aromatic N) is 9. The van der Waals surface area contributed by atoms with Gasteiger partial charge in [-0.05, 0) is 152 Å². The highest BCUT2D eigenvalue weighted by Crippen LogP contribution is 2.40. The summed E-state index contributed by atoms with van der Waals surface area (Å²) in [5.41, 5.74) is 11.7. The molecule has 17 heteroatoms. The lowest BCUT2D eigenvalue weighted by atomic mass is 9.76. The van der Waals surface area contributed by atoms with Crippen molar-refractivity contribution in [2.24, 2.45) is 20.0 Å². The van der Waals surface area contributed by atoms with Crippen LogP contribution in [0.5, 0.6) is 0 Å². The number of nitrogens with one attached hydrogen (secondary N) is 6. The molecule has 3 atom stereocenters. The predicted molar refractivity (Wildman–Crippen MR) is 491 cm³/mol. The van der Waals surface area contributed by atoms with Gasteiger partial charge in [-0.15, -0.1) is 42.8 Å². The Morgan fingerprint density at radius 3 is 1.39 bits per heavy atom. The Morgan fingerprint density at radius 1 is 0.451 bits per heavy atom. The van der Waals surface area contributed by atoms with E-state index in [-0.39, 0.29) is 23.2 Å². The fraction of sp³-hybridized carbons (Fsp3) is 0.114. The van der Waals surface area contributed by atoms with E-state index in [0.29, 0.717) is 22.3 Å². The van der Waals surface area contributed by atoms with Crippen LogP contribution < -0.4 is 82.8 Å². The second-order valence-corrected chi connectivity index (χ2v) is 31.4. The van der Waals surface area contributed by atoms with Gasteiger partial charge in [-0.2, -0.15) is 36.8 Å². The largest absolute Gasteiger partial charge is 0.347 e. The van der Waals surface area contributed by atoms with Crippen LogP contribution in [-0.2, 0) is 14.1 Å². The Hall–Kier alpha value is -15.9. The van der Waals surface area contributed by atoms with Crippen LogP contribution in [0.15, 0.2) is 307 Å². The first-order chi connectivity index (χ1) is 59.9. The van der Waals surface area contributed by atoms with Crippen LogP contribution in [0.3, 0.4) is 0 Å². The van der Waals surface area contributed by atoms with E-state index < -0.39 is 5.92 Å². The van der Waals surface area contributed by atoms with Crippen molar-refractivity contribution in [1.82, 2.24) is 31.9 Å². The van der Waals surface area contributed by atoms with Gasteiger partial charge in [0, 0.05) is 122 Å². The zero-order valence-electron chi connectivity index (χ0n) is 66.8. The predicted octanol–water partition coefficient (Wildman–Crippen LogP) is 11.2. The summed E-state index contributed by atoms with van der Waals surface area (Å²) in [6.45, 7) is 1.98. The second-order valence-electron chi connectivity index (χ2n) is 28.9. The topological polar surface area (TPSA) is 246 Å². The Labute approximate surface area is 716 Å². The van der Waals surface area contributed by atoms with Crippen molar-refractivity contribution in [2.45, 2.75) is 30.8 Å². The van der Waals surface area contributed by atoms with E-state index in [4.69, 9.17) is 40.3 Å². The number of allylic oxidation sites excluding steroid dienone is 9. The molecule has 4 aliphatic carbocycles. The Kier molecular flexibility index (Phi) is 26.7. The van der Waals surface area contributed by atoms with Crippen molar-refractivity contribution < 1.29 is 9.13 Å². The van der Waals surface area contributed by atoms with E-state index >= 15 is 0 Å². The summed E-state index contributed by atoms with van der Waals surface area (Å²) >= 11 is 3.76. The van der Waals surface area contributed by atoms with Gasteiger partial charge in [-0.1, -0.05) is 200 Å². The minimum atomic E-state index is -0.405. The third-order valence-corrected chi connectivity index (χ3v) is 24.4. The molecule has 0 amide bonds. The molecule has 11 aromatic rings. The van der Waals surface area contributed by atoms with Gasteiger partial charge < -0.3 is 21.3 Å². The molecule has 2 fully saturated rings. The van der Waals surface area contributed by atoms with E-state index in [1.54, 1.807) is 0 Å². The lowest BCUT2D eigenvalue weighted by molar-refractivity contribution is -0.671. The van der Waals surface area contributed by atoms with Gasteiger partial charge in [0.05, 0.1) is 12.2 Å². The van der Waals surface area contributed by atoms with Gasteiger partial charge in [0.1, 0.15) is 90.4 Å². The standard InChI is InChI=1S/C22H23N4.C20H12N4.C17H17N3.C17H9N.C16H10N2S2.C13H7N/c1-25-13-7-18(8-14-25)21(19-9-15-26(2)16-10-19)17-3-5-20(6-4-17)22-23-11-12-24-22;21-11-13(12-22)18-14-5-1-3-7-16(14)19(20-23-9-10-24-20)17-8-4-2-6-15(17)18;1-2-12(11-18)13-7-8-16(17-19-9-10-20-17)15-6-4-3-5-14(13)15;1-2-12(11-18)15-9-16-7-13-5-3-4-6-14(13)8-17(16)10-15;17-9-11(10-18)12-5-6-15(16-19-7-8-20-16)14-4-2-1-3-13(12)14;1-2-10(9-14)13-7-11-5-3-4-6-12(11)8-13/h3,5,7-16H,4,6H2,1-2H3,(H,23,24);1-10,23-24H;1,3-8,12-13,16-17,19-20H,9-10H2;1,3-10H;1-6H,7-8H2;1,3-8H/q+1;;;;;/p+1. The highest BCUT2D eigenvalue weighted by molar-refractivity contribution is 8.32. The van der Waals surface area contributed by atoms with Gasteiger partial charge in [0.2, 0.25) is 0 Å². The van der Waals surface area contributed by atoms with E-state index in [1.165, 1.54) is 59.2 Å². The molecule has 584 valence electrons. The molecule has 6 N–H and O–H groups in total. The summed E-state index contributed by atoms with van der Waals surface area (Å²) < 4.78 is 5.48. The minimum Gasteiger partial charge on any atom is -0.347 e. The number of benzene rings is 9. The maximum Gasteiger partial charge on any atom is 0.169 e. The molecule has 0 bridgehead atoms. The molecular formula is C105H79N15S2+2. The molecule has 15 nitrogen and oxygen atoms in total. The first kappa shape index (κ1) is 82.7. The monoisotopic (exact) mass is 1610 g/mol. The number of pyridine rings is 2. The van der Waals surface area contributed by atoms with Crippen molar-refractivity contribution in [1.29, 1.82) is 36.8 Å². The average Bonchev–Trinajstić information content (AvgIpc) is 1.47. The van der Waals surface area contributed by atoms with Crippen molar-refractivity contribution in [3.8, 4) is 79.5 Å². The molecular weight excluding hydrogens is 1540 g/mol. The number of thioether (sulfide) groups is 2. The maximum atomic E-state index is 9.43. The van der Waals surface area contributed by atoms with Crippen LogP contribution in [0.2, 0.25) is 0 Å². The SMILES string of the molecule is C#CC(C#N)=C1C=c2cc3ccccc3cc2=C1.C#CC(C#N)=C1C=c2ccccc2=C1.C#CC(C#N)C1C=CC(C2NCCN2)c2ccccc21.C[n+]1ccc(C(=C2C=CC(=C3NC=CN3)CC2)c2cc[n+](C)cc2)cc1.N#CC(C#N)=c1c2ccccc2c(=C2NC=CN2)c2ccccc12.N#CC(C#N)=c1ccc(=C2SCCS2)c2ccccc12. The van der Waals surface area contributed by atoms with Crippen molar-refractivity contribution in [2.75, 3.05) is 24.6 Å². The Bertz CT molecular complexity index is 7080. The number of fused-ring (bicyclic) bond motifs is 7. The molecule has 0 spiro atoms. The van der Waals surface area contributed by atoms with Crippen molar-refractivity contribution in [3.63, 3.8) is 0 Å². The smallest absolute Gasteiger partial charge is 0.169 e. The molecule has 122 heavy (non-hydrogen) atoms. The molecule has 2 saturated heterocycles.